The molecular formula is C11H14ClNO4. The Hall–Kier alpha value is -1.49. The molecule has 5 nitrogen and oxygen atoms in total. The summed E-state index contributed by atoms with van der Waals surface area (Å²) in [6.45, 7) is 4.86. The molecule has 0 bridgehead atoms. The number of nitrogens with zero attached hydrogens (tertiary/aromatic N) is 1. The Labute approximate surface area is 104 Å². The SMILES string of the molecule is CC(C)(C)N(CC(=O)O)C(=O)c1ccc(Cl)o1. The van der Waals surface area contributed by atoms with Crippen LogP contribution in [0.4, 0.5) is 0 Å². The summed E-state index contributed by atoms with van der Waals surface area (Å²) in [7, 11) is 0. The predicted octanol–water partition coefficient (Wildman–Crippen LogP) is 2.26. The molecule has 6 heteroatoms. The zero-order valence-electron chi connectivity index (χ0n) is 9.86. The van der Waals surface area contributed by atoms with Gasteiger partial charge in [-0.25, -0.2) is 0 Å². The van der Waals surface area contributed by atoms with Crippen molar-refractivity contribution in [2.75, 3.05) is 6.54 Å². The van der Waals surface area contributed by atoms with Crippen LogP contribution in [-0.4, -0.2) is 34.0 Å². The summed E-state index contributed by atoms with van der Waals surface area (Å²) in [5.41, 5.74) is -0.616. The van der Waals surface area contributed by atoms with Crippen molar-refractivity contribution in [3.63, 3.8) is 0 Å². The van der Waals surface area contributed by atoms with Crippen molar-refractivity contribution in [1.29, 1.82) is 0 Å². The molecule has 0 saturated carbocycles. The van der Waals surface area contributed by atoms with Crippen LogP contribution in [0.15, 0.2) is 16.5 Å². The van der Waals surface area contributed by atoms with Gasteiger partial charge in [0.25, 0.3) is 5.91 Å². The molecule has 1 rings (SSSR count). The highest BCUT2D eigenvalue weighted by Gasteiger charge is 2.30. The quantitative estimate of drug-likeness (QED) is 0.904. The third-order valence-electron chi connectivity index (χ3n) is 2.13. The first-order valence-corrected chi connectivity index (χ1v) is 5.38. The summed E-state index contributed by atoms with van der Waals surface area (Å²) in [6, 6.07) is 2.86. The van der Waals surface area contributed by atoms with Crippen molar-refractivity contribution in [1.82, 2.24) is 4.90 Å². The highest BCUT2D eigenvalue weighted by molar-refractivity contribution is 6.29. The Balaban J connectivity index is 2.99. The Bertz CT molecular complexity index is 433. The highest BCUT2D eigenvalue weighted by atomic mass is 35.5. The molecule has 1 N–H and O–H groups in total. The van der Waals surface area contributed by atoms with E-state index in [-0.39, 0.29) is 17.5 Å². The first-order chi connectivity index (χ1) is 7.71. The molecule has 0 aliphatic rings. The third kappa shape index (κ3) is 3.49. The van der Waals surface area contributed by atoms with E-state index in [2.05, 4.69) is 0 Å². The van der Waals surface area contributed by atoms with E-state index in [1.54, 1.807) is 20.8 Å². The van der Waals surface area contributed by atoms with Crippen LogP contribution in [0.3, 0.4) is 0 Å². The number of hydrogen-bond donors (Lipinski definition) is 1. The summed E-state index contributed by atoms with van der Waals surface area (Å²) < 4.78 is 4.98. The Morgan fingerprint density at radius 2 is 2.00 bits per heavy atom. The lowest BCUT2D eigenvalue weighted by Gasteiger charge is -2.33. The molecular weight excluding hydrogens is 246 g/mol. The van der Waals surface area contributed by atoms with Crippen molar-refractivity contribution >= 4 is 23.5 Å². The number of rotatable bonds is 3. The minimum atomic E-state index is -1.08. The molecule has 1 amide bonds. The van der Waals surface area contributed by atoms with Gasteiger partial charge in [-0.05, 0) is 44.5 Å². The number of hydrogen-bond acceptors (Lipinski definition) is 3. The molecule has 0 radical (unpaired) electrons. The number of carboxylic acids is 1. The maximum atomic E-state index is 12.1. The van der Waals surface area contributed by atoms with Gasteiger partial charge >= 0.3 is 5.97 Å². The largest absolute Gasteiger partial charge is 0.480 e. The van der Waals surface area contributed by atoms with Crippen molar-refractivity contribution in [2.45, 2.75) is 26.3 Å². The summed E-state index contributed by atoms with van der Waals surface area (Å²) in [5.74, 6) is -1.54. The van der Waals surface area contributed by atoms with Gasteiger partial charge in [0.2, 0.25) is 0 Å². The molecule has 1 aromatic rings. The lowest BCUT2D eigenvalue weighted by atomic mass is 10.1. The lowest BCUT2D eigenvalue weighted by Crippen LogP contribution is -2.48. The molecule has 0 atom stereocenters. The number of aliphatic carboxylic acids is 1. The number of amides is 1. The molecule has 0 aliphatic heterocycles. The molecule has 0 aliphatic carbocycles. The van der Waals surface area contributed by atoms with Crippen molar-refractivity contribution in [2.24, 2.45) is 0 Å². The smallest absolute Gasteiger partial charge is 0.323 e. The van der Waals surface area contributed by atoms with Crippen LogP contribution in [-0.2, 0) is 4.79 Å². The summed E-state index contributed by atoms with van der Waals surface area (Å²) in [5, 5.41) is 8.89. The van der Waals surface area contributed by atoms with E-state index in [4.69, 9.17) is 21.1 Å². The molecule has 1 aromatic heterocycles. The minimum Gasteiger partial charge on any atom is -0.480 e. The second-order valence-corrected chi connectivity index (χ2v) is 4.93. The fourth-order valence-corrected chi connectivity index (χ4v) is 1.46. The molecule has 0 unspecified atom stereocenters. The van der Waals surface area contributed by atoms with Gasteiger partial charge in [0.1, 0.15) is 6.54 Å². The van der Waals surface area contributed by atoms with Crippen LogP contribution >= 0.6 is 11.6 Å². The van der Waals surface area contributed by atoms with Gasteiger partial charge in [0.05, 0.1) is 0 Å². The fraction of sp³-hybridized carbons (Fsp3) is 0.455. The van der Waals surface area contributed by atoms with E-state index in [0.29, 0.717) is 0 Å². The summed E-state index contributed by atoms with van der Waals surface area (Å²) in [6.07, 6.45) is 0. The second kappa shape index (κ2) is 4.79. The van der Waals surface area contributed by atoms with Crippen LogP contribution in [0.2, 0.25) is 5.22 Å². The number of carboxylic acid groups (broad SMARTS) is 1. The Morgan fingerprint density at radius 3 is 2.35 bits per heavy atom. The molecule has 94 valence electrons. The van der Waals surface area contributed by atoms with Crippen molar-refractivity contribution in [3.8, 4) is 0 Å². The second-order valence-electron chi connectivity index (χ2n) is 4.56. The molecule has 0 fully saturated rings. The fourth-order valence-electron chi connectivity index (χ4n) is 1.31. The van der Waals surface area contributed by atoms with Gasteiger partial charge in [0.15, 0.2) is 11.0 Å². The summed E-state index contributed by atoms with van der Waals surface area (Å²) in [4.78, 5) is 24.0. The zero-order valence-corrected chi connectivity index (χ0v) is 10.6. The monoisotopic (exact) mass is 259 g/mol. The first-order valence-electron chi connectivity index (χ1n) is 5.01. The van der Waals surface area contributed by atoms with Crippen LogP contribution in [0.5, 0.6) is 0 Å². The first kappa shape index (κ1) is 13.6. The third-order valence-corrected chi connectivity index (χ3v) is 2.34. The van der Waals surface area contributed by atoms with Gasteiger partial charge in [-0.15, -0.1) is 0 Å². The molecule has 0 aromatic carbocycles. The van der Waals surface area contributed by atoms with Gasteiger partial charge in [0, 0.05) is 5.54 Å². The maximum absolute atomic E-state index is 12.1. The Morgan fingerprint density at radius 1 is 1.41 bits per heavy atom. The normalized spacial score (nSPS) is 11.3. The van der Waals surface area contributed by atoms with E-state index >= 15 is 0 Å². The molecule has 17 heavy (non-hydrogen) atoms. The summed E-state index contributed by atoms with van der Waals surface area (Å²) >= 11 is 5.58. The number of carbonyl (C=O) groups excluding carboxylic acids is 1. The number of carbonyl (C=O) groups is 2. The van der Waals surface area contributed by atoms with E-state index in [1.165, 1.54) is 17.0 Å². The van der Waals surface area contributed by atoms with E-state index in [0.717, 1.165) is 0 Å². The van der Waals surface area contributed by atoms with E-state index in [9.17, 15) is 9.59 Å². The van der Waals surface area contributed by atoms with Crippen LogP contribution in [0, 0.1) is 0 Å². The van der Waals surface area contributed by atoms with Gasteiger partial charge in [-0.3, -0.25) is 9.59 Å². The molecule has 0 spiro atoms. The highest BCUT2D eigenvalue weighted by Crippen LogP contribution is 2.20. The number of furan rings is 1. The van der Waals surface area contributed by atoms with Crippen LogP contribution in [0.25, 0.3) is 0 Å². The topological polar surface area (TPSA) is 70.8 Å². The minimum absolute atomic E-state index is 0.0335. The Kier molecular flexibility index (Phi) is 3.83. The van der Waals surface area contributed by atoms with Gasteiger partial charge in [-0.2, -0.15) is 0 Å². The lowest BCUT2D eigenvalue weighted by molar-refractivity contribution is -0.138. The van der Waals surface area contributed by atoms with Gasteiger partial charge < -0.3 is 14.4 Å². The van der Waals surface area contributed by atoms with E-state index in [1.807, 2.05) is 0 Å². The van der Waals surface area contributed by atoms with Crippen LogP contribution < -0.4 is 0 Å². The average Bonchev–Trinajstić information content (AvgIpc) is 2.58. The average molecular weight is 260 g/mol. The number of halogens is 1. The predicted molar refractivity (Wildman–Crippen MR) is 62.1 cm³/mol. The molecule has 1 heterocycles. The molecule has 0 saturated heterocycles. The van der Waals surface area contributed by atoms with Crippen molar-refractivity contribution in [3.05, 3.63) is 23.1 Å². The van der Waals surface area contributed by atoms with Gasteiger partial charge in [-0.1, -0.05) is 0 Å². The van der Waals surface area contributed by atoms with E-state index < -0.39 is 17.4 Å². The standard InChI is InChI=1S/C11H14ClNO4/c1-11(2,3)13(6-9(14)15)10(16)7-4-5-8(12)17-7/h4-5H,6H2,1-3H3,(H,14,15). The van der Waals surface area contributed by atoms with Crippen LogP contribution in [0.1, 0.15) is 31.3 Å². The zero-order chi connectivity index (χ0) is 13.2. The van der Waals surface area contributed by atoms with Crippen molar-refractivity contribution < 1.29 is 19.1 Å². The maximum Gasteiger partial charge on any atom is 0.323 e.